The minimum absolute atomic E-state index is 0.0217. The summed E-state index contributed by atoms with van der Waals surface area (Å²) >= 11 is 0. The molecular weight excluding hydrogens is 354 g/mol. The number of aryl methyl sites for hydroxylation is 1. The van der Waals surface area contributed by atoms with Gasteiger partial charge in [-0.15, -0.1) is 0 Å². The molecule has 28 heavy (non-hydrogen) atoms. The molecule has 3 fully saturated rings. The minimum atomic E-state index is -0.198. The van der Waals surface area contributed by atoms with Gasteiger partial charge in [-0.3, -0.25) is 24.2 Å². The minimum Gasteiger partial charge on any atom is -0.343 e. The number of carbonyl (C=O) groups excluding carboxylic acids is 3. The number of rotatable bonds is 7. The lowest BCUT2D eigenvalue weighted by atomic mass is 10.00. The van der Waals surface area contributed by atoms with E-state index >= 15 is 0 Å². The van der Waals surface area contributed by atoms with E-state index in [2.05, 4.69) is 36.1 Å². The molecule has 3 saturated heterocycles. The van der Waals surface area contributed by atoms with Crippen molar-refractivity contribution < 1.29 is 14.4 Å². The van der Waals surface area contributed by atoms with E-state index in [1.807, 2.05) is 4.90 Å². The lowest BCUT2D eigenvalue weighted by Gasteiger charge is -2.22. The van der Waals surface area contributed by atoms with Crippen LogP contribution >= 0.6 is 0 Å². The Bertz CT molecular complexity index is 737. The Balaban J connectivity index is 1.29. The van der Waals surface area contributed by atoms with Crippen molar-refractivity contribution in [3.8, 4) is 0 Å². The lowest BCUT2D eigenvalue weighted by molar-refractivity contribution is -0.140. The SMILES string of the molecule is CCc1ccc(CN2C[C@@H]3C(=O)N(CCCN4CCCC4=O)C(=O)[C@@H]3C2)cc1. The summed E-state index contributed by atoms with van der Waals surface area (Å²) in [5.74, 6) is -0.247. The molecule has 1 aromatic carbocycles. The Morgan fingerprint density at radius 2 is 1.57 bits per heavy atom. The molecule has 0 spiro atoms. The van der Waals surface area contributed by atoms with Crippen LogP contribution < -0.4 is 0 Å². The van der Waals surface area contributed by atoms with E-state index in [1.54, 1.807) is 0 Å². The topological polar surface area (TPSA) is 60.9 Å². The van der Waals surface area contributed by atoms with Crippen LogP contribution in [-0.4, -0.2) is 65.1 Å². The molecule has 150 valence electrons. The normalized spacial score (nSPS) is 25.2. The fourth-order valence-electron chi connectivity index (χ4n) is 4.74. The summed E-state index contributed by atoms with van der Waals surface area (Å²) in [7, 11) is 0. The molecular formula is C22H29N3O3. The Morgan fingerprint density at radius 3 is 2.14 bits per heavy atom. The van der Waals surface area contributed by atoms with Gasteiger partial charge in [-0.2, -0.15) is 0 Å². The average Bonchev–Trinajstić information content (AvgIpc) is 3.36. The van der Waals surface area contributed by atoms with Gasteiger partial charge in [0.15, 0.2) is 0 Å². The van der Waals surface area contributed by atoms with Gasteiger partial charge in [-0.05, 0) is 30.4 Å². The number of hydrogen-bond acceptors (Lipinski definition) is 4. The molecule has 0 saturated carbocycles. The van der Waals surface area contributed by atoms with Crippen molar-refractivity contribution in [2.45, 2.75) is 39.2 Å². The van der Waals surface area contributed by atoms with Crippen LogP contribution in [0.4, 0.5) is 0 Å². The van der Waals surface area contributed by atoms with E-state index in [1.165, 1.54) is 16.0 Å². The Kier molecular flexibility index (Phi) is 5.49. The van der Waals surface area contributed by atoms with E-state index in [-0.39, 0.29) is 29.6 Å². The Labute approximate surface area is 166 Å². The zero-order valence-electron chi connectivity index (χ0n) is 16.6. The maximum Gasteiger partial charge on any atom is 0.234 e. The number of likely N-dealkylation sites (tertiary alicyclic amines) is 3. The number of fused-ring (bicyclic) bond motifs is 1. The van der Waals surface area contributed by atoms with Crippen LogP contribution in [0.3, 0.4) is 0 Å². The summed E-state index contributed by atoms with van der Waals surface area (Å²) in [6.07, 6.45) is 3.25. The monoisotopic (exact) mass is 383 g/mol. The molecule has 0 radical (unpaired) electrons. The predicted octanol–water partition coefficient (Wildman–Crippen LogP) is 1.68. The highest BCUT2D eigenvalue weighted by atomic mass is 16.2. The summed E-state index contributed by atoms with van der Waals surface area (Å²) < 4.78 is 0. The highest BCUT2D eigenvalue weighted by Crippen LogP contribution is 2.34. The van der Waals surface area contributed by atoms with E-state index in [0.717, 1.165) is 25.9 Å². The number of benzene rings is 1. The maximum absolute atomic E-state index is 12.8. The van der Waals surface area contributed by atoms with Gasteiger partial charge in [0.1, 0.15) is 0 Å². The highest BCUT2D eigenvalue weighted by molar-refractivity contribution is 6.05. The molecule has 3 heterocycles. The Hall–Kier alpha value is -2.21. The van der Waals surface area contributed by atoms with Crippen molar-refractivity contribution in [3.05, 3.63) is 35.4 Å². The molecule has 6 nitrogen and oxygen atoms in total. The van der Waals surface area contributed by atoms with Crippen molar-refractivity contribution in [1.82, 2.24) is 14.7 Å². The van der Waals surface area contributed by atoms with Crippen molar-refractivity contribution in [2.24, 2.45) is 11.8 Å². The molecule has 4 rings (SSSR count). The average molecular weight is 383 g/mol. The van der Waals surface area contributed by atoms with Gasteiger partial charge < -0.3 is 4.90 Å². The third-order valence-electron chi connectivity index (χ3n) is 6.38. The van der Waals surface area contributed by atoms with Gasteiger partial charge in [0.05, 0.1) is 11.8 Å². The molecule has 3 amide bonds. The van der Waals surface area contributed by atoms with E-state index < -0.39 is 0 Å². The molecule has 0 aliphatic carbocycles. The molecule has 3 aliphatic heterocycles. The zero-order valence-corrected chi connectivity index (χ0v) is 16.6. The van der Waals surface area contributed by atoms with Gasteiger partial charge in [0.2, 0.25) is 17.7 Å². The third kappa shape index (κ3) is 3.70. The summed E-state index contributed by atoms with van der Waals surface area (Å²) in [4.78, 5) is 42.7. The van der Waals surface area contributed by atoms with Gasteiger partial charge in [0, 0.05) is 45.7 Å². The van der Waals surface area contributed by atoms with Crippen LogP contribution in [0.2, 0.25) is 0 Å². The van der Waals surface area contributed by atoms with Gasteiger partial charge in [-0.25, -0.2) is 0 Å². The standard InChI is InChI=1S/C22H29N3O3/c1-2-16-6-8-17(9-7-16)13-23-14-18-19(15-23)22(28)25(21(18)27)12-4-11-24-10-3-5-20(24)26/h6-9,18-19H,2-5,10-15H2,1H3/t18-,19+. The highest BCUT2D eigenvalue weighted by Gasteiger charge is 2.51. The molecule has 1 aromatic rings. The maximum atomic E-state index is 12.8. The van der Waals surface area contributed by atoms with Crippen molar-refractivity contribution in [1.29, 1.82) is 0 Å². The molecule has 6 heteroatoms. The zero-order chi connectivity index (χ0) is 19.7. The fraction of sp³-hybridized carbons (Fsp3) is 0.591. The predicted molar refractivity (Wildman–Crippen MR) is 105 cm³/mol. The van der Waals surface area contributed by atoms with Crippen LogP contribution in [-0.2, 0) is 27.3 Å². The molecule has 0 N–H and O–H groups in total. The van der Waals surface area contributed by atoms with E-state index in [4.69, 9.17) is 0 Å². The van der Waals surface area contributed by atoms with Crippen LogP contribution in [0.25, 0.3) is 0 Å². The molecule has 0 bridgehead atoms. The molecule has 0 aromatic heterocycles. The van der Waals surface area contributed by atoms with Gasteiger partial charge >= 0.3 is 0 Å². The number of amides is 3. The largest absolute Gasteiger partial charge is 0.343 e. The second-order valence-electron chi connectivity index (χ2n) is 8.24. The number of carbonyl (C=O) groups is 3. The van der Waals surface area contributed by atoms with Crippen LogP contribution in [0.1, 0.15) is 37.3 Å². The first-order valence-corrected chi connectivity index (χ1v) is 10.5. The summed E-state index contributed by atoms with van der Waals surface area (Å²) in [6, 6.07) is 8.58. The van der Waals surface area contributed by atoms with Gasteiger partial charge in [0.25, 0.3) is 0 Å². The van der Waals surface area contributed by atoms with Crippen molar-refractivity contribution >= 4 is 17.7 Å². The summed E-state index contributed by atoms with van der Waals surface area (Å²) in [6.45, 7) is 6.13. The van der Waals surface area contributed by atoms with Crippen molar-refractivity contribution in [2.75, 3.05) is 32.7 Å². The van der Waals surface area contributed by atoms with Gasteiger partial charge in [-0.1, -0.05) is 31.2 Å². The van der Waals surface area contributed by atoms with E-state index in [9.17, 15) is 14.4 Å². The second-order valence-corrected chi connectivity index (χ2v) is 8.24. The third-order valence-corrected chi connectivity index (χ3v) is 6.38. The molecule has 3 aliphatic rings. The smallest absolute Gasteiger partial charge is 0.234 e. The molecule has 0 unspecified atom stereocenters. The quantitative estimate of drug-likeness (QED) is 0.672. The molecule has 2 atom stereocenters. The number of hydrogen-bond donors (Lipinski definition) is 0. The Morgan fingerprint density at radius 1 is 0.929 bits per heavy atom. The fourth-order valence-corrected chi connectivity index (χ4v) is 4.74. The second kappa shape index (κ2) is 8.03. The summed E-state index contributed by atoms with van der Waals surface area (Å²) in [5, 5.41) is 0. The lowest BCUT2D eigenvalue weighted by Crippen LogP contribution is -2.38. The van der Waals surface area contributed by atoms with Crippen LogP contribution in [0.15, 0.2) is 24.3 Å². The first-order valence-electron chi connectivity index (χ1n) is 10.5. The number of imide groups is 1. The van der Waals surface area contributed by atoms with Crippen LogP contribution in [0, 0.1) is 11.8 Å². The van der Waals surface area contributed by atoms with Crippen molar-refractivity contribution in [3.63, 3.8) is 0 Å². The first-order chi connectivity index (χ1) is 13.6. The first kappa shape index (κ1) is 19.1. The number of nitrogens with zero attached hydrogens (tertiary/aromatic N) is 3. The summed E-state index contributed by atoms with van der Waals surface area (Å²) in [5.41, 5.74) is 2.54. The van der Waals surface area contributed by atoms with Crippen LogP contribution in [0.5, 0.6) is 0 Å². The van der Waals surface area contributed by atoms with E-state index in [0.29, 0.717) is 39.0 Å².